The summed E-state index contributed by atoms with van der Waals surface area (Å²) in [5, 5.41) is 2.96. The lowest BCUT2D eigenvalue weighted by atomic mass is 9.95. The number of halogens is 1. The molecule has 0 radical (unpaired) electrons. The number of amides is 1. The fourth-order valence-electron chi connectivity index (χ4n) is 3.84. The van der Waals surface area contributed by atoms with Gasteiger partial charge in [0.1, 0.15) is 12.4 Å². The van der Waals surface area contributed by atoms with Crippen molar-refractivity contribution in [3.8, 4) is 0 Å². The van der Waals surface area contributed by atoms with Gasteiger partial charge in [-0.15, -0.1) is 0 Å². The van der Waals surface area contributed by atoms with Crippen LogP contribution in [0.1, 0.15) is 25.7 Å². The number of hydrogen-bond acceptors (Lipinski definition) is 3. The molecule has 7 heteroatoms. The van der Waals surface area contributed by atoms with Crippen LogP contribution in [-0.2, 0) is 14.8 Å². The summed E-state index contributed by atoms with van der Waals surface area (Å²) >= 11 is 0. The molecule has 3 rings (SSSR count). The van der Waals surface area contributed by atoms with Gasteiger partial charge in [0.05, 0.1) is 11.9 Å². The Morgan fingerprint density at radius 1 is 1.35 bits per heavy atom. The molecule has 5 nitrogen and oxygen atoms in total. The maximum absolute atomic E-state index is 13.4. The number of benzene rings is 1. The summed E-state index contributed by atoms with van der Waals surface area (Å²) < 4.78 is 38.2. The van der Waals surface area contributed by atoms with Crippen molar-refractivity contribution < 1.29 is 17.6 Å². The quantitative estimate of drug-likeness (QED) is 0.890. The van der Waals surface area contributed by atoms with Gasteiger partial charge in [-0.05, 0) is 49.3 Å². The van der Waals surface area contributed by atoms with Gasteiger partial charge >= 0.3 is 0 Å². The van der Waals surface area contributed by atoms with Gasteiger partial charge in [-0.25, -0.2) is 12.8 Å². The zero-order valence-corrected chi connectivity index (χ0v) is 13.9. The number of fused-ring (bicyclic) bond motifs is 2. The highest BCUT2D eigenvalue weighted by atomic mass is 32.2. The molecule has 2 fully saturated rings. The molecule has 2 bridgehead atoms. The molecule has 126 valence electrons. The molecule has 2 saturated carbocycles. The van der Waals surface area contributed by atoms with E-state index in [1.54, 1.807) is 0 Å². The summed E-state index contributed by atoms with van der Waals surface area (Å²) in [5.74, 6) is 0.339. The van der Waals surface area contributed by atoms with Crippen LogP contribution in [0.15, 0.2) is 24.3 Å². The summed E-state index contributed by atoms with van der Waals surface area (Å²) in [6.07, 6.45) is 5.52. The summed E-state index contributed by atoms with van der Waals surface area (Å²) in [5.41, 5.74) is 0.163. The van der Waals surface area contributed by atoms with Crippen LogP contribution in [0.4, 0.5) is 10.1 Å². The van der Waals surface area contributed by atoms with E-state index in [0.29, 0.717) is 11.8 Å². The zero-order valence-electron chi connectivity index (χ0n) is 13.0. The van der Waals surface area contributed by atoms with E-state index >= 15 is 0 Å². The number of hydrogen-bond donors (Lipinski definition) is 1. The zero-order chi connectivity index (χ0) is 16.6. The lowest BCUT2D eigenvalue weighted by Gasteiger charge is -2.26. The van der Waals surface area contributed by atoms with E-state index in [0.717, 1.165) is 35.9 Å². The van der Waals surface area contributed by atoms with Gasteiger partial charge in [0.15, 0.2) is 0 Å². The monoisotopic (exact) mass is 340 g/mol. The van der Waals surface area contributed by atoms with Crippen molar-refractivity contribution in [2.45, 2.75) is 31.7 Å². The smallest absolute Gasteiger partial charge is 0.241 e. The van der Waals surface area contributed by atoms with Crippen LogP contribution in [0.5, 0.6) is 0 Å². The Hall–Kier alpha value is -1.63. The van der Waals surface area contributed by atoms with Crippen LogP contribution in [0, 0.1) is 17.7 Å². The highest BCUT2D eigenvalue weighted by Crippen LogP contribution is 2.44. The number of nitrogens with one attached hydrogen (secondary N) is 1. The maximum Gasteiger partial charge on any atom is 0.241 e. The average molecular weight is 340 g/mol. The molecule has 0 unspecified atom stereocenters. The molecule has 1 amide bonds. The molecule has 2 aliphatic carbocycles. The molecule has 3 atom stereocenters. The van der Waals surface area contributed by atoms with Gasteiger partial charge in [0.2, 0.25) is 15.9 Å². The Morgan fingerprint density at radius 3 is 2.70 bits per heavy atom. The fraction of sp³-hybridized carbons (Fsp3) is 0.562. The van der Waals surface area contributed by atoms with Crippen molar-refractivity contribution in [1.82, 2.24) is 5.32 Å². The maximum atomic E-state index is 13.4. The molecule has 0 heterocycles. The van der Waals surface area contributed by atoms with Crippen molar-refractivity contribution in [3.63, 3.8) is 0 Å². The minimum atomic E-state index is -3.67. The van der Waals surface area contributed by atoms with Crippen LogP contribution in [0.25, 0.3) is 0 Å². The van der Waals surface area contributed by atoms with Crippen molar-refractivity contribution in [2.75, 3.05) is 17.1 Å². The molecular formula is C16H21FN2O3S. The number of rotatable bonds is 5. The van der Waals surface area contributed by atoms with Gasteiger partial charge < -0.3 is 5.32 Å². The Labute approximate surface area is 135 Å². The van der Waals surface area contributed by atoms with E-state index in [1.807, 2.05) is 0 Å². The first-order valence-corrected chi connectivity index (χ1v) is 9.70. The second-order valence-electron chi connectivity index (χ2n) is 6.60. The predicted octanol–water partition coefficient (Wildman–Crippen LogP) is 1.90. The fourth-order valence-corrected chi connectivity index (χ4v) is 4.68. The van der Waals surface area contributed by atoms with Crippen LogP contribution >= 0.6 is 0 Å². The number of anilines is 1. The first kappa shape index (κ1) is 16.2. The minimum absolute atomic E-state index is 0.148. The highest BCUT2D eigenvalue weighted by molar-refractivity contribution is 7.92. The van der Waals surface area contributed by atoms with Crippen molar-refractivity contribution in [1.29, 1.82) is 0 Å². The van der Waals surface area contributed by atoms with E-state index in [1.165, 1.54) is 24.6 Å². The number of nitrogens with zero attached hydrogens (tertiary/aromatic N) is 1. The van der Waals surface area contributed by atoms with Crippen molar-refractivity contribution in [2.24, 2.45) is 11.8 Å². The number of carbonyl (C=O) groups excluding carboxylic acids is 1. The highest BCUT2D eigenvalue weighted by Gasteiger charge is 2.40. The molecule has 23 heavy (non-hydrogen) atoms. The normalized spacial score (nSPS) is 26.3. The molecular weight excluding hydrogens is 319 g/mol. The molecule has 0 aromatic heterocycles. The van der Waals surface area contributed by atoms with Gasteiger partial charge in [-0.2, -0.15) is 0 Å². The van der Waals surface area contributed by atoms with Crippen LogP contribution in [-0.4, -0.2) is 33.2 Å². The second kappa shape index (κ2) is 6.11. The third-order valence-corrected chi connectivity index (χ3v) is 6.01. The number of carbonyl (C=O) groups is 1. The van der Waals surface area contributed by atoms with Gasteiger partial charge in [0.25, 0.3) is 0 Å². The summed E-state index contributed by atoms with van der Waals surface area (Å²) in [6, 6.07) is 5.41. The third kappa shape index (κ3) is 3.65. The van der Waals surface area contributed by atoms with E-state index in [2.05, 4.69) is 5.32 Å². The van der Waals surface area contributed by atoms with Gasteiger partial charge in [-0.3, -0.25) is 9.10 Å². The van der Waals surface area contributed by atoms with Crippen LogP contribution < -0.4 is 9.62 Å². The Balaban J connectivity index is 1.70. The van der Waals surface area contributed by atoms with Crippen molar-refractivity contribution in [3.05, 3.63) is 30.1 Å². The molecule has 2 aliphatic rings. The molecule has 1 N–H and O–H groups in total. The van der Waals surface area contributed by atoms with E-state index in [9.17, 15) is 17.6 Å². The number of sulfonamides is 1. The van der Waals surface area contributed by atoms with E-state index in [-0.39, 0.29) is 24.2 Å². The summed E-state index contributed by atoms with van der Waals surface area (Å²) in [4.78, 5) is 12.3. The standard InChI is InChI=1S/C16H21FN2O3S/c1-23(21,22)19(14-4-2-3-13(17)9-14)10-16(20)18-15-8-11-5-6-12(15)7-11/h2-4,9,11-12,15H,5-8,10H2,1H3,(H,18,20)/t11-,12+,15+/m0/s1. The SMILES string of the molecule is CS(=O)(=O)N(CC(=O)N[C@@H]1C[C@H]2CC[C@@H]1C2)c1cccc(F)c1. The Morgan fingerprint density at radius 2 is 2.13 bits per heavy atom. The topological polar surface area (TPSA) is 66.5 Å². The minimum Gasteiger partial charge on any atom is -0.352 e. The molecule has 0 spiro atoms. The first-order valence-electron chi connectivity index (χ1n) is 7.85. The van der Waals surface area contributed by atoms with Crippen LogP contribution in [0.2, 0.25) is 0 Å². The first-order chi connectivity index (χ1) is 10.8. The largest absolute Gasteiger partial charge is 0.352 e. The molecule has 0 saturated heterocycles. The Kier molecular flexibility index (Phi) is 4.31. The molecule has 1 aromatic rings. The third-order valence-electron chi connectivity index (χ3n) is 4.87. The average Bonchev–Trinajstić information content (AvgIpc) is 3.06. The second-order valence-corrected chi connectivity index (χ2v) is 8.51. The summed E-state index contributed by atoms with van der Waals surface area (Å²) in [7, 11) is -3.67. The van der Waals surface area contributed by atoms with Gasteiger partial charge in [0, 0.05) is 6.04 Å². The Bertz CT molecular complexity index is 707. The van der Waals surface area contributed by atoms with Gasteiger partial charge in [-0.1, -0.05) is 12.5 Å². The van der Waals surface area contributed by atoms with E-state index < -0.39 is 15.8 Å². The van der Waals surface area contributed by atoms with E-state index in [4.69, 9.17) is 0 Å². The lowest BCUT2D eigenvalue weighted by Crippen LogP contribution is -2.45. The molecule has 0 aliphatic heterocycles. The van der Waals surface area contributed by atoms with Crippen molar-refractivity contribution >= 4 is 21.6 Å². The predicted molar refractivity (Wildman–Crippen MR) is 86.0 cm³/mol. The molecule has 1 aromatic carbocycles. The summed E-state index contributed by atoms with van der Waals surface area (Å²) in [6.45, 7) is -0.323. The van der Waals surface area contributed by atoms with Crippen LogP contribution in [0.3, 0.4) is 0 Å². The lowest BCUT2D eigenvalue weighted by molar-refractivity contribution is -0.120.